The first-order chi connectivity index (χ1) is 15.9. The third kappa shape index (κ3) is 5.32. The number of hydrogen-bond acceptors (Lipinski definition) is 4. The molecule has 0 saturated heterocycles. The molecular weight excluding hydrogens is 506 g/mol. The summed E-state index contributed by atoms with van der Waals surface area (Å²) in [6.07, 6.45) is 0.540. The second-order valence-corrected chi connectivity index (χ2v) is 8.64. The van der Waals surface area contributed by atoms with E-state index in [0.717, 1.165) is 14.9 Å². The van der Waals surface area contributed by atoms with Gasteiger partial charge in [0.1, 0.15) is 10.7 Å². The van der Waals surface area contributed by atoms with Crippen molar-refractivity contribution in [2.75, 3.05) is 17.2 Å². The van der Waals surface area contributed by atoms with E-state index in [4.69, 9.17) is 11.6 Å². The van der Waals surface area contributed by atoms with Gasteiger partial charge in [0.05, 0.1) is 0 Å². The lowest BCUT2D eigenvalue weighted by Gasteiger charge is -2.15. The Morgan fingerprint density at radius 2 is 1.48 bits per heavy atom. The van der Waals surface area contributed by atoms with E-state index in [1.807, 2.05) is 42.5 Å². The number of hydrogen-bond donors (Lipinski definition) is 2. The van der Waals surface area contributed by atoms with Gasteiger partial charge in [0, 0.05) is 28.0 Å². The predicted molar refractivity (Wildman–Crippen MR) is 132 cm³/mol. The van der Waals surface area contributed by atoms with E-state index < -0.39 is 11.8 Å². The summed E-state index contributed by atoms with van der Waals surface area (Å²) >= 11 is 9.53. The van der Waals surface area contributed by atoms with E-state index in [9.17, 15) is 14.4 Å². The average molecular weight is 525 g/mol. The lowest BCUT2D eigenvalue weighted by molar-refractivity contribution is -0.137. The summed E-state index contributed by atoms with van der Waals surface area (Å²) in [7, 11) is 0. The number of halogens is 2. The second-order valence-electron chi connectivity index (χ2n) is 7.35. The first-order valence-corrected chi connectivity index (χ1v) is 11.3. The van der Waals surface area contributed by atoms with Gasteiger partial charge in [-0.05, 0) is 60.5 Å². The Bertz CT molecular complexity index is 1230. The molecule has 8 heteroatoms. The van der Waals surface area contributed by atoms with Crippen LogP contribution >= 0.6 is 27.5 Å². The molecule has 0 atom stereocenters. The molecule has 1 aliphatic rings. The Kier molecular flexibility index (Phi) is 6.91. The molecule has 0 fully saturated rings. The quantitative estimate of drug-likeness (QED) is 0.418. The largest absolute Gasteiger partial charge is 0.350 e. The minimum Gasteiger partial charge on any atom is -0.350 e. The number of imide groups is 1. The number of nitrogens with zero attached hydrogens (tertiary/aromatic N) is 1. The van der Waals surface area contributed by atoms with Gasteiger partial charge in [-0.1, -0.05) is 57.9 Å². The van der Waals surface area contributed by atoms with Crippen LogP contribution in [0.1, 0.15) is 15.9 Å². The molecule has 0 aliphatic carbocycles. The fraction of sp³-hybridized carbons (Fsp3) is 0.0800. The molecule has 0 radical (unpaired) electrons. The Labute approximate surface area is 204 Å². The Balaban J connectivity index is 1.39. The van der Waals surface area contributed by atoms with Crippen LogP contribution in [-0.2, 0) is 16.0 Å². The Hall–Kier alpha value is -3.42. The van der Waals surface area contributed by atoms with Crippen LogP contribution in [0.15, 0.2) is 94.1 Å². The maximum absolute atomic E-state index is 12.8. The molecule has 1 heterocycles. The average Bonchev–Trinajstić information content (AvgIpc) is 3.03. The van der Waals surface area contributed by atoms with Crippen LogP contribution < -0.4 is 10.6 Å². The standard InChI is InChI=1S/C25H19BrClN3O3/c26-18-8-12-20(13-9-18)29-23(31)17-6-10-19(11-7-17)28-22-21(27)24(32)30(25(22)33)15-14-16-4-2-1-3-5-16/h1-13,28H,14-15H2,(H,29,31). The molecular formula is C25H19BrClN3O3. The number of carbonyl (C=O) groups excluding carboxylic acids is 3. The highest BCUT2D eigenvalue weighted by Gasteiger charge is 2.37. The molecule has 166 valence electrons. The van der Waals surface area contributed by atoms with Gasteiger partial charge in [-0.15, -0.1) is 0 Å². The maximum atomic E-state index is 12.8. The number of anilines is 2. The zero-order valence-corrected chi connectivity index (χ0v) is 19.7. The van der Waals surface area contributed by atoms with Crippen molar-refractivity contribution >= 4 is 56.6 Å². The van der Waals surface area contributed by atoms with Crippen LogP contribution in [-0.4, -0.2) is 29.2 Å². The lowest BCUT2D eigenvalue weighted by Crippen LogP contribution is -2.34. The predicted octanol–water partition coefficient (Wildman–Crippen LogP) is 5.18. The van der Waals surface area contributed by atoms with Crippen molar-refractivity contribution < 1.29 is 14.4 Å². The number of benzene rings is 3. The summed E-state index contributed by atoms with van der Waals surface area (Å²) in [5, 5.41) is 5.59. The molecule has 0 saturated carbocycles. The van der Waals surface area contributed by atoms with Gasteiger partial charge in [-0.2, -0.15) is 0 Å². The van der Waals surface area contributed by atoms with Crippen molar-refractivity contribution in [1.82, 2.24) is 4.90 Å². The molecule has 1 aliphatic heterocycles. The smallest absolute Gasteiger partial charge is 0.278 e. The second kappa shape index (κ2) is 10.0. The van der Waals surface area contributed by atoms with E-state index in [1.54, 1.807) is 36.4 Å². The van der Waals surface area contributed by atoms with E-state index in [-0.39, 0.29) is 23.2 Å². The van der Waals surface area contributed by atoms with Crippen molar-refractivity contribution in [2.24, 2.45) is 0 Å². The summed E-state index contributed by atoms with van der Waals surface area (Å²) < 4.78 is 0.919. The van der Waals surface area contributed by atoms with Gasteiger partial charge in [0.25, 0.3) is 17.7 Å². The van der Waals surface area contributed by atoms with Crippen LogP contribution in [0.5, 0.6) is 0 Å². The summed E-state index contributed by atoms with van der Waals surface area (Å²) in [5.74, 6) is -1.26. The topological polar surface area (TPSA) is 78.5 Å². The van der Waals surface area contributed by atoms with Gasteiger partial charge < -0.3 is 10.6 Å². The molecule has 0 unspecified atom stereocenters. The van der Waals surface area contributed by atoms with Gasteiger partial charge in [-0.3, -0.25) is 19.3 Å². The van der Waals surface area contributed by atoms with Crippen LogP contribution in [0.2, 0.25) is 0 Å². The van der Waals surface area contributed by atoms with Gasteiger partial charge in [0.2, 0.25) is 0 Å². The number of nitrogens with one attached hydrogen (secondary N) is 2. The van der Waals surface area contributed by atoms with E-state index in [0.29, 0.717) is 23.4 Å². The molecule has 0 bridgehead atoms. The number of carbonyl (C=O) groups is 3. The Morgan fingerprint density at radius 1 is 0.848 bits per heavy atom. The summed E-state index contributed by atoms with van der Waals surface area (Å²) in [4.78, 5) is 38.9. The zero-order valence-electron chi connectivity index (χ0n) is 17.3. The molecule has 3 aromatic rings. The van der Waals surface area contributed by atoms with Crippen LogP contribution in [0, 0.1) is 0 Å². The first-order valence-electron chi connectivity index (χ1n) is 10.2. The fourth-order valence-electron chi connectivity index (χ4n) is 3.33. The van der Waals surface area contributed by atoms with Crippen molar-refractivity contribution in [3.8, 4) is 0 Å². The van der Waals surface area contributed by atoms with Gasteiger partial charge in [0.15, 0.2) is 0 Å². The molecule has 3 aromatic carbocycles. The van der Waals surface area contributed by atoms with Crippen molar-refractivity contribution in [2.45, 2.75) is 6.42 Å². The molecule has 0 aromatic heterocycles. The molecule has 33 heavy (non-hydrogen) atoms. The minimum absolute atomic E-state index is 0.0294. The van der Waals surface area contributed by atoms with Gasteiger partial charge in [-0.25, -0.2) is 0 Å². The third-order valence-corrected chi connectivity index (χ3v) is 5.98. The minimum atomic E-state index is -0.523. The lowest BCUT2D eigenvalue weighted by atomic mass is 10.1. The summed E-state index contributed by atoms with van der Waals surface area (Å²) in [5.41, 5.74) is 2.71. The molecule has 3 amide bonds. The highest BCUT2D eigenvalue weighted by atomic mass is 79.9. The van der Waals surface area contributed by atoms with Gasteiger partial charge >= 0.3 is 0 Å². The maximum Gasteiger partial charge on any atom is 0.278 e. The van der Waals surface area contributed by atoms with Crippen LogP contribution in [0.4, 0.5) is 11.4 Å². The van der Waals surface area contributed by atoms with E-state index in [1.165, 1.54) is 0 Å². The number of rotatable bonds is 7. The monoisotopic (exact) mass is 523 g/mol. The molecule has 6 nitrogen and oxygen atoms in total. The Morgan fingerprint density at radius 3 is 2.15 bits per heavy atom. The van der Waals surface area contributed by atoms with E-state index in [2.05, 4.69) is 26.6 Å². The van der Waals surface area contributed by atoms with Crippen molar-refractivity contribution in [3.05, 3.63) is 105 Å². The molecule has 0 spiro atoms. The zero-order chi connectivity index (χ0) is 23.4. The molecule has 4 rings (SSSR count). The molecule has 2 N–H and O–H groups in total. The number of amides is 3. The highest BCUT2D eigenvalue weighted by molar-refractivity contribution is 9.10. The fourth-order valence-corrected chi connectivity index (χ4v) is 3.82. The van der Waals surface area contributed by atoms with Crippen molar-refractivity contribution in [1.29, 1.82) is 0 Å². The van der Waals surface area contributed by atoms with Crippen molar-refractivity contribution in [3.63, 3.8) is 0 Å². The highest BCUT2D eigenvalue weighted by Crippen LogP contribution is 2.26. The first kappa shape index (κ1) is 22.8. The normalized spacial score (nSPS) is 13.5. The SMILES string of the molecule is O=C(Nc1ccc(Br)cc1)c1ccc(NC2=C(Cl)C(=O)N(CCc3ccccc3)C2=O)cc1. The van der Waals surface area contributed by atoms with E-state index >= 15 is 0 Å². The summed E-state index contributed by atoms with van der Waals surface area (Å²) in [6, 6.07) is 23.4. The van der Waals surface area contributed by atoms with Crippen LogP contribution in [0.25, 0.3) is 0 Å². The summed E-state index contributed by atoms with van der Waals surface area (Å²) in [6.45, 7) is 0.234. The third-order valence-electron chi connectivity index (χ3n) is 5.10. The van der Waals surface area contributed by atoms with Crippen LogP contribution in [0.3, 0.4) is 0 Å².